The summed E-state index contributed by atoms with van der Waals surface area (Å²) in [4.78, 5) is 38.0. The topological polar surface area (TPSA) is 78.9 Å². The second-order valence-electron chi connectivity index (χ2n) is 17.2. The quantitative estimate of drug-likeness (QED) is 0.0151. The van der Waals surface area contributed by atoms with Gasteiger partial charge in [-0.05, 0) is 89.9 Å². The number of carbonyl (C=O) groups is 3. The van der Waals surface area contributed by atoms with Crippen LogP contribution in [0.5, 0.6) is 0 Å². The van der Waals surface area contributed by atoms with Crippen LogP contribution in [0.25, 0.3) is 0 Å². The molecule has 1 atom stereocenters. The van der Waals surface area contributed by atoms with Gasteiger partial charge < -0.3 is 14.2 Å². The van der Waals surface area contributed by atoms with Crippen molar-refractivity contribution >= 4 is 17.9 Å². The first-order valence-corrected chi connectivity index (χ1v) is 26.3. The SMILES string of the molecule is CC/C=C\C/C=C\C=C\CCCCCCCCC(=O)OCC(COC(=O)CCCCCCC/C=C\CCCCCCCC)OC(=O)CCCCCCCC#CC/C=C\CCCCC. The molecule has 0 aromatic rings. The van der Waals surface area contributed by atoms with Crippen LogP contribution in [0.1, 0.15) is 252 Å². The zero-order valence-electron chi connectivity index (χ0n) is 41.2. The fourth-order valence-corrected chi connectivity index (χ4v) is 7.08. The highest BCUT2D eigenvalue weighted by Crippen LogP contribution is 2.14. The van der Waals surface area contributed by atoms with Gasteiger partial charge in [0.05, 0.1) is 0 Å². The molecule has 0 bridgehead atoms. The minimum absolute atomic E-state index is 0.0968. The van der Waals surface area contributed by atoms with Crippen molar-refractivity contribution in [3.8, 4) is 11.8 Å². The Labute approximate surface area is 389 Å². The lowest BCUT2D eigenvalue weighted by Crippen LogP contribution is -2.30. The first-order chi connectivity index (χ1) is 31.0. The van der Waals surface area contributed by atoms with E-state index in [1.807, 2.05) is 0 Å². The van der Waals surface area contributed by atoms with Crippen molar-refractivity contribution in [2.24, 2.45) is 0 Å². The van der Waals surface area contributed by atoms with Gasteiger partial charge in [-0.15, -0.1) is 5.92 Å². The summed E-state index contributed by atoms with van der Waals surface area (Å²) in [6, 6.07) is 0. The van der Waals surface area contributed by atoms with Crippen LogP contribution >= 0.6 is 0 Å². The van der Waals surface area contributed by atoms with Gasteiger partial charge in [0.25, 0.3) is 0 Å². The third kappa shape index (κ3) is 49.5. The third-order valence-electron chi connectivity index (χ3n) is 11.0. The Hall–Kier alpha value is -3.33. The lowest BCUT2D eigenvalue weighted by molar-refractivity contribution is -0.167. The maximum atomic E-state index is 12.8. The highest BCUT2D eigenvalue weighted by molar-refractivity contribution is 5.71. The van der Waals surface area contributed by atoms with E-state index in [9.17, 15) is 14.4 Å². The third-order valence-corrected chi connectivity index (χ3v) is 11.0. The molecule has 0 aliphatic heterocycles. The van der Waals surface area contributed by atoms with Gasteiger partial charge in [-0.2, -0.15) is 0 Å². The van der Waals surface area contributed by atoms with Crippen LogP contribution in [-0.4, -0.2) is 37.2 Å². The van der Waals surface area contributed by atoms with Crippen LogP contribution in [0.4, 0.5) is 0 Å². The second kappa shape index (κ2) is 51.3. The van der Waals surface area contributed by atoms with E-state index in [-0.39, 0.29) is 31.1 Å². The van der Waals surface area contributed by atoms with E-state index in [1.54, 1.807) is 0 Å². The maximum absolute atomic E-state index is 12.8. The molecule has 0 aliphatic rings. The van der Waals surface area contributed by atoms with Gasteiger partial charge >= 0.3 is 17.9 Å². The molecule has 6 heteroatoms. The lowest BCUT2D eigenvalue weighted by atomic mass is 10.1. The number of rotatable bonds is 45. The number of esters is 3. The Morgan fingerprint density at radius 1 is 0.413 bits per heavy atom. The van der Waals surface area contributed by atoms with Crippen molar-refractivity contribution in [1.82, 2.24) is 0 Å². The lowest BCUT2D eigenvalue weighted by Gasteiger charge is -2.18. The van der Waals surface area contributed by atoms with Crippen LogP contribution in [0, 0.1) is 11.8 Å². The summed E-state index contributed by atoms with van der Waals surface area (Å²) in [5, 5.41) is 0. The molecule has 0 aromatic heterocycles. The van der Waals surface area contributed by atoms with Gasteiger partial charge in [0.1, 0.15) is 13.2 Å². The van der Waals surface area contributed by atoms with Crippen LogP contribution in [-0.2, 0) is 28.6 Å². The Bertz CT molecular complexity index is 1250. The van der Waals surface area contributed by atoms with Crippen molar-refractivity contribution < 1.29 is 28.6 Å². The zero-order chi connectivity index (χ0) is 45.8. The number of hydrogen-bond acceptors (Lipinski definition) is 6. The molecule has 6 nitrogen and oxygen atoms in total. The van der Waals surface area contributed by atoms with Crippen LogP contribution in [0.3, 0.4) is 0 Å². The number of unbranched alkanes of at least 4 members (excludes halogenated alkanes) is 25. The average molecular weight is 877 g/mol. The van der Waals surface area contributed by atoms with Gasteiger partial charge in [0, 0.05) is 32.1 Å². The first-order valence-electron chi connectivity index (χ1n) is 26.3. The number of hydrogen-bond donors (Lipinski definition) is 0. The number of ether oxygens (including phenoxy) is 3. The van der Waals surface area contributed by atoms with Crippen molar-refractivity contribution in [2.75, 3.05) is 13.2 Å². The molecular weight excluding hydrogens is 781 g/mol. The molecule has 0 saturated carbocycles. The first kappa shape index (κ1) is 59.7. The molecule has 63 heavy (non-hydrogen) atoms. The molecule has 0 saturated heterocycles. The fraction of sp³-hybridized carbons (Fsp3) is 0.737. The van der Waals surface area contributed by atoms with E-state index in [1.165, 1.54) is 89.9 Å². The van der Waals surface area contributed by atoms with Crippen molar-refractivity contribution in [3.63, 3.8) is 0 Å². The van der Waals surface area contributed by atoms with Crippen LogP contribution in [0.15, 0.2) is 60.8 Å². The Morgan fingerprint density at radius 2 is 0.841 bits per heavy atom. The van der Waals surface area contributed by atoms with Crippen molar-refractivity contribution in [2.45, 2.75) is 258 Å². The van der Waals surface area contributed by atoms with Gasteiger partial charge in [-0.3, -0.25) is 14.4 Å². The smallest absolute Gasteiger partial charge is 0.306 e. The Balaban J connectivity index is 4.45. The summed E-state index contributed by atoms with van der Waals surface area (Å²) in [6.45, 7) is 6.44. The molecule has 0 heterocycles. The molecule has 360 valence electrons. The summed E-state index contributed by atoms with van der Waals surface area (Å²) in [5.74, 6) is 5.57. The molecule has 0 rings (SSSR count). The molecule has 0 amide bonds. The summed E-state index contributed by atoms with van der Waals surface area (Å²) in [6.07, 6.45) is 59.1. The highest BCUT2D eigenvalue weighted by atomic mass is 16.6. The molecular formula is C57H96O6. The number of carbonyl (C=O) groups excluding carboxylic acids is 3. The summed E-state index contributed by atoms with van der Waals surface area (Å²) in [7, 11) is 0. The number of allylic oxidation sites excluding steroid dienone is 10. The minimum atomic E-state index is -0.799. The molecule has 0 aromatic carbocycles. The van der Waals surface area contributed by atoms with E-state index in [2.05, 4.69) is 93.4 Å². The molecule has 0 N–H and O–H groups in total. The predicted octanol–water partition coefficient (Wildman–Crippen LogP) is 16.9. The fourth-order valence-electron chi connectivity index (χ4n) is 7.08. The van der Waals surface area contributed by atoms with Crippen molar-refractivity contribution in [3.05, 3.63) is 60.8 Å². The summed E-state index contributed by atoms with van der Waals surface area (Å²) >= 11 is 0. The summed E-state index contributed by atoms with van der Waals surface area (Å²) in [5.41, 5.74) is 0. The molecule has 0 spiro atoms. The van der Waals surface area contributed by atoms with E-state index in [0.717, 1.165) is 122 Å². The maximum Gasteiger partial charge on any atom is 0.306 e. The molecule has 0 radical (unpaired) electrons. The van der Waals surface area contributed by atoms with E-state index in [0.29, 0.717) is 19.3 Å². The van der Waals surface area contributed by atoms with Crippen molar-refractivity contribution in [1.29, 1.82) is 0 Å². The molecule has 0 aliphatic carbocycles. The second-order valence-corrected chi connectivity index (χ2v) is 17.2. The predicted molar refractivity (Wildman–Crippen MR) is 269 cm³/mol. The van der Waals surface area contributed by atoms with Crippen LogP contribution < -0.4 is 0 Å². The van der Waals surface area contributed by atoms with Gasteiger partial charge in [0.15, 0.2) is 6.10 Å². The normalized spacial score (nSPS) is 12.2. The molecule has 0 fully saturated rings. The van der Waals surface area contributed by atoms with E-state index < -0.39 is 6.10 Å². The zero-order valence-corrected chi connectivity index (χ0v) is 41.2. The monoisotopic (exact) mass is 877 g/mol. The summed E-state index contributed by atoms with van der Waals surface area (Å²) < 4.78 is 16.8. The average Bonchev–Trinajstić information content (AvgIpc) is 3.28. The van der Waals surface area contributed by atoms with E-state index >= 15 is 0 Å². The highest BCUT2D eigenvalue weighted by Gasteiger charge is 2.19. The van der Waals surface area contributed by atoms with Crippen LogP contribution in [0.2, 0.25) is 0 Å². The van der Waals surface area contributed by atoms with Gasteiger partial charge in [0.2, 0.25) is 0 Å². The van der Waals surface area contributed by atoms with Gasteiger partial charge in [-0.25, -0.2) is 0 Å². The molecule has 1 unspecified atom stereocenters. The van der Waals surface area contributed by atoms with Gasteiger partial charge in [-0.1, -0.05) is 197 Å². The Morgan fingerprint density at radius 3 is 1.40 bits per heavy atom. The minimum Gasteiger partial charge on any atom is -0.462 e. The van der Waals surface area contributed by atoms with E-state index in [4.69, 9.17) is 14.2 Å². The standard InChI is InChI=1S/C57H96O6/c1-4-7-10-13-16-19-22-25-28-31-34-37-40-43-46-49-55(58)61-52-54(63-57(60)51-48-45-42-39-36-33-30-27-24-21-18-15-12-9-6-3)53-62-56(59)50-47-44-41-38-35-32-29-26-23-20-17-14-11-8-5-2/h7,10,16,18-19,21-22,25-26,29,54H,4-6,8-9,11-15,17,20,23-24,28,31-53H2,1-3H3/b10-7-,19-16-,21-18-,25-22+,29-26-. The largest absolute Gasteiger partial charge is 0.462 e. The Kier molecular flexibility index (Phi) is 48.6.